The minimum atomic E-state index is -2.32. The Morgan fingerprint density at radius 3 is 1.98 bits per heavy atom. The molecule has 58 heavy (non-hydrogen) atoms. The van der Waals surface area contributed by atoms with Crippen LogP contribution in [0.15, 0.2) is 11.6 Å². The Morgan fingerprint density at radius 1 is 0.931 bits per heavy atom. The van der Waals surface area contributed by atoms with Crippen LogP contribution in [-0.4, -0.2) is 143 Å². The number of carbonyl (C=O) groups is 1. The van der Waals surface area contributed by atoms with Crippen molar-refractivity contribution < 1.29 is 61.8 Å². The van der Waals surface area contributed by atoms with Crippen molar-refractivity contribution in [2.45, 2.75) is 192 Å². The van der Waals surface area contributed by atoms with Crippen molar-refractivity contribution in [2.24, 2.45) is 11.3 Å². The predicted octanol–water partition coefficient (Wildman–Crippen LogP) is 7.63. The SMILES string of the molecule is CC[C@@H](/C=C(/C)[C@@H](O)C[C@@H](C[C@@H](O)C(C)(C)[C@]1(OC)O[C@H](C[C@H](OC)[C@@H](OCOC)C(=O)OC)C[C@H](OC)[C@@H]1O[Si](CC)(CC)CC)OC)CO[Si](C)(C)C(C)(C)C. The van der Waals surface area contributed by atoms with Crippen molar-refractivity contribution in [2.75, 3.05) is 56.1 Å². The lowest BCUT2D eigenvalue weighted by Crippen LogP contribution is -2.71. The van der Waals surface area contributed by atoms with Crippen molar-refractivity contribution >= 4 is 22.6 Å². The second-order valence-corrected chi connectivity index (χ2v) is 27.7. The van der Waals surface area contributed by atoms with Gasteiger partial charge in [0.1, 0.15) is 12.9 Å². The summed E-state index contributed by atoms with van der Waals surface area (Å²) >= 11 is 0. The average Bonchev–Trinajstić information content (AvgIpc) is 3.19. The first-order valence-corrected chi connectivity index (χ1v) is 26.8. The van der Waals surface area contributed by atoms with Gasteiger partial charge in [0, 0.05) is 73.3 Å². The van der Waals surface area contributed by atoms with Crippen molar-refractivity contribution in [3.8, 4) is 0 Å². The number of carbonyl (C=O) groups excluding carboxylic acids is 1. The first kappa shape index (κ1) is 55.2. The van der Waals surface area contributed by atoms with Crippen molar-refractivity contribution in [1.29, 1.82) is 0 Å². The molecule has 10 atom stereocenters. The Morgan fingerprint density at radius 2 is 1.53 bits per heavy atom. The van der Waals surface area contributed by atoms with Gasteiger partial charge in [-0.05, 0) is 61.1 Å². The normalized spacial score (nSPS) is 24.6. The van der Waals surface area contributed by atoms with Crippen LogP contribution in [0.5, 0.6) is 0 Å². The van der Waals surface area contributed by atoms with E-state index in [9.17, 15) is 15.0 Å². The second kappa shape index (κ2) is 24.7. The standard InChI is InChI=1S/C43H86O13Si2/c1-19-31(28-54-57(17,18)41(6,7)8)23-30(5)34(44)24-32(48-12)27-37(45)42(9,10)43(52-16)39(56-58(20-2,21-3)22-4)36(50-14)26-33(55-43)25-35(49-13)38(40(46)51-15)53-29-47-11/h23,31-39,44-45H,19-22,24-29H2,1-18H3/b30-23-/t31-,32-,33+,34-,35-,36-,37+,38+,39-,43+/m0/s1. The van der Waals surface area contributed by atoms with Crippen LogP contribution in [0, 0.1) is 11.3 Å². The Kier molecular flexibility index (Phi) is 23.6. The maximum atomic E-state index is 12.9. The zero-order valence-corrected chi connectivity index (χ0v) is 41.7. The molecule has 0 aromatic heterocycles. The van der Waals surface area contributed by atoms with E-state index in [4.69, 9.17) is 46.7 Å². The number of hydrogen-bond acceptors (Lipinski definition) is 13. The van der Waals surface area contributed by atoms with Crippen molar-refractivity contribution in [3.63, 3.8) is 0 Å². The smallest absolute Gasteiger partial charge is 0.337 e. The molecule has 0 bridgehead atoms. The minimum absolute atomic E-state index is 0.109. The zero-order valence-electron chi connectivity index (χ0n) is 39.7. The van der Waals surface area contributed by atoms with E-state index < -0.39 is 82.6 Å². The van der Waals surface area contributed by atoms with Gasteiger partial charge in [0.15, 0.2) is 22.7 Å². The molecule has 0 amide bonds. The molecule has 1 saturated heterocycles. The molecule has 344 valence electrons. The van der Waals surface area contributed by atoms with Gasteiger partial charge in [0.2, 0.25) is 5.79 Å². The molecule has 0 radical (unpaired) electrons. The van der Waals surface area contributed by atoms with Crippen LogP contribution in [0.3, 0.4) is 0 Å². The van der Waals surface area contributed by atoms with E-state index in [-0.39, 0.29) is 37.0 Å². The molecule has 1 aliphatic rings. The maximum Gasteiger partial charge on any atom is 0.337 e. The zero-order chi connectivity index (χ0) is 44.7. The largest absolute Gasteiger partial charge is 0.467 e. The quantitative estimate of drug-likeness (QED) is 0.0344. The van der Waals surface area contributed by atoms with E-state index in [1.54, 1.807) is 21.3 Å². The van der Waals surface area contributed by atoms with Crippen LogP contribution in [0.4, 0.5) is 0 Å². The summed E-state index contributed by atoms with van der Waals surface area (Å²) in [4.78, 5) is 12.9. The molecule has 0 aromatic rings. The highest BCUT2D eigenvalue weighted by molar-refractivity contribution is 6.74. The van der Waals surface area contributed by atoms with E-state index in [1.807, 2.05) is 20.8 Å². The van der Waals surface area contributed by atoms with Gasteiger partial charge in [-0.1, -0.05) is 68.4 Å². The summed E-state index contributed by atoms with van der Waals surface area (Å²) < 4.78 is 61.3. The molecule has 15 heteroatoms. The van der Waals surface area contributed by atoms with E-state index in [0.29, 0.717) is 13.0 Å². The minimum Gasteiger partial charge on any atom is -0.467 e. The summed E-state index contributed by atoms with van der Waals surface area (Å²) in [6.07, 6.45) is -1.94. The third kappa shape index (κ3) is 14.1. The summed E-state index contributed by atoms with van der Waals surface area (Å²) in [7, 11) is 4.83. The molecule has 0 aliphatic carbocycles. The third-order valence-electron chi connectivity index (χ3n) is 13.4. The second-order valence-electron chi connectivity index (χ2n) is 18.2. The Bertz CT molecular complexity index is 1200. The number of aliphatic hydroxyl groups is 2. The molecule has 0 saturated carbocycles. The number of rotatable bonds is 28. The van der Waals surface area contributed by atoms with Gasteiger partial charge in [0.25, 0.3) is 0 Å². The molecule has 1 aliphatic heterocycles. The van der Waals surface area contributed by atoms with Crippen LogP contribution >= 0.6 is 0 Å². The number of aliphatic hydroxyl groups excluding tert-OH is 2. The summed E-state index contributed by atoms with van der Waals surface area (Å²) in [5, 5.41) is 24.0. The highest BCUT2D eigenvalue weighted by atomic mass is 28.4. The average molecular weight is 867 g/mol. The fraction of sp³-hybridized carbons (Fsp3) is 0.930. The number of esters is 1. The van der Waals surface area contributed by atoms with E-state index >= 15 is 0 Å². The fourth-order valence-corrected chi connectivity index (χ4v) is 11.6. The number of methoxy groups -OCH3 is 6. The predicted molar refractivity (Wildman–Crippen MR) is 233 cm³/mol. The molecular weight excluding hydrogens is 781 g/mol. The summed E-state index contributed by atoms with van der Waals surface area (Å²) in [5.41, 5.74) is -0.285. The molecule has 13 nitrogen and oxygen atoms in total. The molecule has 1 heterocycles. The van der Waals surface area contributed by atoms with Gasteiger partial charge < -0.3 is 57.0 Å². The third-order valence-corrected chi connectivity index (χ3v) is 22.6. The first-order valence-electron chi connectivity index (χ1n) is 21.4. The monoisotopic (exact) mass is 867 g/mol. The van der Waals surface area contributed by atoms with Gasteiger partial charge >= 0.3 is 5.97 Å². The van der Waals surface area contributed by atoms with Crippen LogP contribution in [0.1, 0.15) is 101 Å². The topological polar surface area (TPSA) is 150 Å². The Hall–Kier alpha value is -0.796. The molecule has 0 unspecified atom stereocenters. The number of ether oxygens (including phenoxy) is 8. The summed E-state index contributed by atoms with van der Waals surface area (Å²) in [6, 6.07) is 2.63. The van der Waals surface area contributed by atoms with Crippen LogP contribution in [0.2, 0.25) is 36.3 Å². The highest BCUT2D eigenvalue weighted by Gasteiger charge is 2.64. The van der Waals surface area contributed by atoms with E-state index in [1.165, 1.54) is 21.3 Å². The Labute approximate surface area is 354 Å². The van der Waals surface area contributed by atoms with Gasteiger partial charge in [-0.15, -0.1) is 0 Å². The van der Waals surface area contributed by atoms with E-state index in [0.717, 1.165) is 30.1 Å². The Balaban J connectivity index is 3.61. The van der Waals surface area contributed by atoms with Gasteiger partial charge in [-0.25, -0.2) is 4.79 Å². The molecule has 1 rings (SSSR count). The maximum absolute atomic E-state index is 12.9. The molecule has 0 spiro atoms. The number of hydrogen-bond donors (Lipinski definition) is 2. The molecular formula is C43H86O13Si2. The fourth-order valence-electron chi connectivity index (χ4n) is 7.71. The van der Waals surface area contributed by atoms with Gasteiger partial charge in [-0.2, -0.15) is 0 Å². The lowest BCUT2D eigenvalue weighted by atomic mass is 9.70. The van der Waals surface area contributed by atoms with Crippen LogP contribution < -0.4 is 0 Å². The first-order chi connectivity index (χ1) is 27.0. The lowest BCUT2D eigenvalue weighted by molar-refractivity contribution is -0.384. The highest BCUT2D eigenvalue weighted by Crippen LogP contribution is 2.50. The van der Waals surface area contributed by atoms with Crippen molar-refractivity contribution in [1.82, 2.24) is 0 Å². The van der Waals surface area contributed by atoms with Gasteiger partial charge in [0.05, 0.1) is 43.7 Å². The molecule has 2 N–H and O–H groups in total. The van der Waals surface area contributed by atoms with Crippen LogP contribution in [-0.2, 0) is 51.5 Å². The summed E-state index contributed by atoms with van der Waals surface area (Å²) in [5.74, 6) is -1.98. The van der Waals surface area contributed by atoms with Crippen LogP contribution in [0.25, 0.3) is 0 Å². The van der Waals surface area contributed by atoms with E-state index in [2.05, 4.69) is 67.6 Å². The lowest BCUT2D eigenvalue weighted by Gasteiger charge is -2.58. The molecule has 1 fully saturated rings. The summed E-state index contributed by atoms with van der Waals surface area (Å²) in [6.45, 7) is 26.1. The van der Waals surface area contributed by atoms with Gasteiger partial charge in [-0.3, -0.25) is 0 Å². The van der Waals surface area contributed by atoms with Crippen molar-refractivity contribution in [3.05, 3.63) is 11.6 Å². The molecule has 0 aromatic carbocycles.